The number of benzene rings is 1. The van der Waals surface area contributed by atoms with E-state index in [9.17, 15) is 14.9 Å². The third kappa shape index (κ3) is 2.20. The Bertz CT molecular complexity index is 538. The highest BCUT2D eigenvalue weighted by molar-refractivity contribution is 5.92. The first-order valence-corrected chi connectivity index (χ1v) is 5.26. The van der Waals surface area contributed by atoms with E-state index in [0.717, 1.165) is 0 Å². The highest BCUT2D eigenvalue weighted by atomic mass is 16.7. The molecule has 0 bridgehead atoms. The molecule has 0 spiro atoms. The van der Waals surface area contributed by atoms with E-state index >= 15 is 0 Å². The van der Waals surface area contributed by atoms with E-state index in [1.165, 1.54) is 19.1 Å². The summed E-state index contributed by atoms with van der Waals surface area (Å²) in [5.41, 5.74) is -0.141. The number of hydrogen-bond acceptors (Lipinski definition) is 5. The molecule has 0 unspecified atom stereocenters. The molecule has 0 radical (unpaired) electrons. The van der Waals surface area contributed by atoms with Crippen molar-refractivity contribution in [2.24, 2.45) is 0 Å². The third-order valence-corrected chi connectivity index (χ3v) is 2.28. The molecular formula is C11H12N2O5. The van der Waals surface area contributed by atoms with Gasteiger partial charge in [0.25, 0.3) is 5.69 Å². The smallest absolute Gasteiger partial charge is 0.296 e. The molecule has 1 aliphatic rings. The highest BCUT2D eigenvalue weighted by Gasteiger charge is 2.34. The first-order chi connectivity index (χ1) is 8.28. The molecule has 0 aliphatic carbocycles. The number of amides is 1. The minimum Gasteiger partial charge on any atom is -0.449 e. The number of rotatable bonds is 2. The van der Waals surface area contributed by atoms with E-state index in [-0.39, 0.29) is 11.4 Å². The van der Waals surface area contributed by atoms with Crippen LogP contribution in [0.1, 0.15) is 20.8 Å². The zero-order valence-electron chi connectivity index (χ0n) is 10.1. The van der Waals surface area contributed by atoms with Gasteiger partial charge in [0.15, 0.2) is 11.5 Å². The molecule has 0 saturated heterocycles. The molecule has 0 aromatic heterocycles. The minimum absolute atomic E-state index is 0.0903. The number of hydrogen-bond donors (Lipinski definition) is 1. The Balaban J connectivity index is 2.49. The number of anilines is 1. The van der Waals surface area contributed by atoms with Crippen LogP contribution in [0.25, 0.3) is 0 Å². The second-order valence-electron chi connectivity index (χ2n) is 4.36. The zero-order chi connectivity index (χ0) is 13.5. The lowest BCUT2D eigenvalue weighted by Gasteiger charge is -2.16. The van der Waals surface area contributed by atoms with Crippen LogP contribution < -0.4 is 14.8 Å². The van der Waals surface area contributed by atoms with Crippen LogP contribution in [-0.4, -0.2) is 16.6 Å². The van der Waals surface area contributed by atoms with Gasteiger partial charge in [-0.25, -0.2) is 0 Å². The van der Waals surface area contributed by atoms with Crippen molar-refractivity contribution >= 4 is 17.3 Å². The summed E-state index contributed by atoms with van der Waals surface area (Å²) in [4.78, 5) is 21.3. The van der Waals surface area contributed by atoms with Gasteiger partial charge in [-0.2, -0.15) is 0 Å². The van der Waals surface area contributed by atoms with E-state index in [1.54, 1.807) is 13.8 Å². The summed E-state index contributed by atoms with van der Waals surface area (Å²) in [5.74, 6) is -0.600. The summed E-state index contributed by atoms with van der Waals surface area (Å²) in [6.07, 6.45) is 0. The number of ether oxygens (including phenoxy) is 2. The molecule has 2 rings (SSSR count). The summed E-state index contributed by atoms with van der Waals surface area (Å²) in [6.45, 7) is 4.66. The van der Waals surface area contributed by atoms with Crippen molar-refractivity contribution in [1.29, 1.82) is 0 Å². The molecule has 0 saturated carbocycles. The fourth-order valence-corrected chi connectivity index (χ4v) is 1.70. The predicted molar refractivity (Wildman–Crippen MR) is 62.7 cm³/mol. The van der Waals surface area contributed by atoms with Gasteiger partial charge in [0.05, 0.1) is 11.0 Å². The lowest BCUT2D eigenvalue weighted by atomic mass is 10.2. The maximum absolute atomic E-state index is 11.0. The summed E-state index contributed by atoms with van der Waals surface area (Å²) < 4.78 is 10.9. The molecule has 0 atom stereocenters. The predicted octanol–water partition coefficient (Wildman–Crippen LogP) is 2.06. The van der Waals surface area contributed by atoms with E-state index in [1.807, 2.05) is 0 Å². The van der Waals surface area contributed by atoms with Gasteiger partial charge < -0.3 is 14.8 Å². The van der Waals surface area contributed by atoms with Crippen LogP contribution in [0.3, 0.4) is 0 Å². The minimum atomic E-state index is -0.870. The SMILES string of the molecule is CC(=O)Nc1cc2c(cc1[N+](=O)[O-])OC(C)(C)O2. The number of fused-ring (bicyclic) bond motifs is 1. The Morgan fingerprint density at radius 1 is 1.33 bits per heavy atom. The number of nitro benzene ring substituents is 1. The normalized spacial score (nSPS) is 15.3. The second kappa shape index (κ2) is 3.86. The molecule has 1 N–H and O–H groups in total. The quantitative estimate of drug-likeness (QED) is 0.642. The molecule has 1 aromatic carbocycles. The maximum atomic E-state index is 11.0. The second-order valence-corrected chi connectivity index (χ2v) is 4.36. The van der Waals surface area contributed by atoms with Crippen molar-refractivity contribution in [3.05, 3.63) is 22.2 Å². The van der Waals surface area contributed by atoms with E-state index in [2.05, 4.69) is 5.32 Å². The van der Waals surface area contributed by atoms with Crippen LogP contribution >= 0.6 is 0 Å². The van der Waals surface area contributed by atoms with Gasteiger partial charge in [0.2, 0.25) is 11.7 Å². The van der Waals surface area contributed by atoms with Gasteiger partial charge in [-0.15, -0.1) is 0 Å². The third-order valence-electron chi connectivity index (χ3n) is 2.28. The van der Waals surface area contributed by atoms with Crippen LogP contribution in [0, 0.1) is 10.1 Å². The average molecular weight is 252 g/mol. The van der Waals surface area contributed by atoms with E-state index in [0.29, 0.717) is 11.5 Å². The Labute approximate surface area is 103 Å². The van der Waals surface area contributed by atoms with Crippen molar-refractivity contribution < 1.29 is 19.2 Å². The van der Waals surface area contributed by atoms with Gasteiger partial charge >= 0.3 is 0 Å². The van der Waals surface area contributed by atoms with Crippen molar-refractivity contribution in [1.82, 2.24) is 0 Å². The average Bonchev–Trinajstić information content (AvgIpc) is 2.48. The van der Waals surface area contributed by atoms with Crippen LogP contribution in [0.4, 0.5) is 11.4 Å². The van der Waals surface area contributed by atoms with Gasteiger partial charge in [-0.1, -0.05) is 0 Å². The fraction of sp³-hybridized carbons (Fsp3) is 0.364. The van der Waals surface area contributed by atoms with Gasteiger partial charge in [-0.3, -0.25) is 14.9 Å². The number of nitrogens with one attached hydrogen (secondary N) is 1. The van der Waals surface area contributed by atoms with Crippen molar-refractivity contribution in [2.75, 3.05) is 5.32 Å². The summed E-state index contributed by atoms with van der Waals surface area (Å²) in [6, 6.07) is 2.64. The molecule has 1 amide bonds. The lowest BCUT2D eigenvalue weighted by molar-refractivity contribution is -0.384. The first kappa shape index (κ1) is 12.2. The number of nitrogens with zero attached hydrogens (tertiary/aromatic N) is 1. The molecule has 1 aliphatic heterocycles. The van der Waals surface area contributed by atoms with Crippen LogP contribution in [0.5, 0.6) is 11.5 Å². The number of carbonyl (C=O) groups is 1. The van der Waals surface area contributed by atoms with Gasteiger partial charge in [0, 0.05) is 26.8 Å². The van der Waals surface area contributed by atoms with Crippen LogP contribution in [0.15, 0.2) is 12.1 Å². The largest absolute Gasteiger partial charge is 0.449 e. The lowest BCUT2D eigenvalue weighted by Crippen LogP contribution is -2.29. The van der Waals surface area contributed by atoms with E-state index in [4.69, 9.17) is 9.47 Å². The van der Waals surface area contributed by atoms with Crippen molar-refractivity contribution in [3.8, 4) is 11.5 Å². The topological polar surface area (TPSA) is 90.7 Å². The Kier molecular flexibility index (Phi) is 2.61. The van der Waals surface area contributed by atoms with Crippen LogP contribution in [-0.2, 0) is 4.79 Å². The van der Waals surface area contributed by atoms with Gasteiger partial charge in [-0.05, 0) is 0 Å². The van der Waals surface area contributed by atoms with Gasteiger partial charge in [0.1, 0.15) is 5.69 Å². The van der Waals surface area contributed by atoms with Crippen molar-refractivity contribution in [3.63, 3.8) is 0 Å². The van der Waals surface area contributed by atoms with E-state index < -0.39 is 16.6 Å². The fourth-order valence-electron chi connectivity index (χ4n) is 1.70. The highest BCUT2D eigenvalue weighted by Crippen LogP contribution is 2.44. The first-order valence-electron chi connectivity index (χ1n) is 5.26. The molecule has 0 fully saturated rings. The monoisotopic (exact) mass is 252 g/mol. The number of nitro groups is 1. The van der Waals surface area contributed by atoms with Crippen molar-refractivity contribution in [2.45, 2.75) is 26.6 Å². The molecule has 7 heteroatoms. The summed E-state index contributed by atoms with van der Waals surface area (Å²) >= 11 is 0. The molecule has 1 aromatic rings. The molecule has 96 valence electrons. The molecule has 18 heavy (non-hydrogen) atoms. The molecule has 1 heterocycles. The maximum Gasteiger partial charge on any atom is 0.296 e. The molecular weight excluding hydrogens is 240 g/mol. The summed E-state index contributed by atoms with van der Waals surface area (Å²) in [7, 11) is 0. The van der Waals surface area contributed by atoms with Crippen LogP contribution in [0.2, 0.25) is 0 Å². The Hall–Kier alpha value is -2.31. The Morgan fingerprint density at radius 3 is 2.39 bits per heavy atom. The molecule has 7 nitrogen and oxygen atoms in total. The standard InChI is InChI=1S/C11H12N2O5/c1-6(14)12-7-4-9-10(5-8(7)13(15)16)18-11(2,3)17-9/h4-5H,1-3H3,(H,12,14). The number of carbonyl (C=O) groups excluding carboxylic acids is 1. The zero-order valence-corrected chi connectivity index (χ0v) is 10.1. The summed E-state index contributed by atoms with van der Waals surface area (Å²) in [5, 5.41) is 13.3. The Morgan fingerprint density at radius 2 is 1.89 bits per heavy atom.